The molecule has 4 aliphatic heterocycles. The average molecular weight is 826 g/mol. The molecule has 0 radical (unpaired) electrons. The lowest BCUT2D eigenvalue weighted by molar-refractivity contribution is -0.158. The van der Waals surface area contributed by atoms with E-state index in [0.717, 1.165) is 12.1 Å². The lowest BCUT2D eigenvalue weighted by Gasteiger charge is -2.42. The summed E-state index contributed by atoms with van der Waals surface area (Å²) in [5.74, 6) is -7.78. The molecule has 0 saturated carbocycles. The highest BCUT2D eigenvalue weighted by Gasteiger charge is 2.46. The fourth-order valence-corrected chi connectivity index (χ4v) is 8.32. The Labute approximate surface area is 339 Å². The van der Waals surface area contributed by atoms with Gasteiger partial charge in [0.2, 0.25) is 35.4 Å². The van der Waals surface area contributed by atoms with Crippen molar-refractivity contribution >= 4 is 41.4 Å². The highest BCUT2D eigenvalue weighted by Crippen LogP contribution is 2.27. The Morgan fingerprint density at radius 3 is 2.29 bits per heavy atom. The van der Waals surface area contributed by atoms with E-state index in [2.05, 4.69) is 16.0 Å². The Kier molecular flexibility index (Phi) is 13.3. The molecule has 318 valence electrons. The molecule has 4 heterocycles. The van der Waals surface area contributed by atoms with Crippen molar-refractivity contribution in [1.82, 2.24) is 35.6 Å². The Morgan fingerprint density at radius 1 is 0.864 bits per heavy atom. The average Bonchev–Trinajstić information content (AvgIpc) is 3.83. The molecule has 15 nitrogen and oxygen atoms in total. The van der Waals surface area contributed by atoms with Crippen molar-refractivity contribution < 1.29 is 51.5 Å². The van der Waals surface area contributed by atoms with E-state index in [1.54, 1.807) is 20.0 Å². The normalized spacial score (nSPS) is 26.4. The fraction of sp³-hybridized carbons (Fsp3) is 0.537. The van der Waals surface area contributed by atoms with Crippen molar-refractivity contribution in [1.29, 1.82) is 0 Å². The molecule has 0 unspecified atom stereocenters. The molecule has 0 aromatic heterocycles. The van der Waals surface area contributed by atoms with Crippen LogP contribution in [0, 0.1) is 30.3 Å². The maximum absolute atomic E-state index is 14.7. The maximum Gasteiger partial charge on any atom is 0.328 e. The van der Waals surface area contributed by atoms with Gasteiger partial charge in [-0.15, -0.1) is 0 Å². The first-order valence-electron chi connectivity index (χ1n) is 19.9. The van der Waals surface area contributed by atoms with Crippen LogP contribution < -0.4 is 16.0 Å². The van der Waals surface area contributed by atoms with E-state index in [0.29, 0.717) is 24.6 Å². The number of benzene rings is 2. The number of nitrogens with zero attached hydrogens (tertiary/aromatic N) is 4. The van der Waals surface area contributed by atoms with E-state index in [9.17, 15) is 46.7 Å². The summed E-state index contributed by atoms with van der Waals surface area (Å²) in [4.78, 5) is 103. The molecule has 3 N–H and O–H groups in total. The summed E-state index contributed by atoms with van der Waals surface area (Å²) >= 11 is 0. The molecule has 59 heavy (non-hydrogen) atoms. The number of carbonyl (C=O) groups is 7. The van der Waals surface area contributed by atoms with Gasteiger partial charge in [0.05, 0.1) is 6.42 Å². The number of piperazine rings is 1. The smallest absolute Gasteiger partial charge is 0.328 e. The Morgan fingerprint density at radius 2 is 1.58 bits per heavy atom. The van der Waals surface area contributed by atoms with E-state index in [1.165, 1.54) is 33.8 Å². The lowest BCUT2D eigenvalue weighted by Crippen LogP contribution is -2.65. The van der Waals surface area contributed by atoms with Crippen molar-refractivity contribution in [2.75, 3.05) is 46.4 Å². The third-order valence-electron chi connectivity index (χ3n) is 11.4. The van der Waals surface area contributed by atoms with Gasteiger partial charge in [0.15, 0.2) is 0 Å². The monoisotopic (exact) mass is 825 g/mol. The molecule has 2 aromatic carbocycles. The fourth-order valence-electron chi connectivity index (χ4n) is 8.32. The number of halogens is 3. The second kappa shape index (κ2) is 18.2. The number of fused-ring (bicyclic) bond motifs is 3. The molecular weight excluding hydrogens is 775 g/mol. The molecule has 0 spiro atoms. The molecule has 4 saturated heterocycles. The van der Waals surface area contributed by atoms with E-state index in [1.807, 2.05) is 11.8 Å². The van der Waals surface area contributed by atoms with Crippen LogP contribution in [0.3, 0.4) is 0 Å². The standard InChI is InChI=1S/C41H50F3N7O8/c1-22-7-8-26(29(44)12-22)17-35(52)46-30(16-25-14-27(42)18-28(43)15-25)36(53)47-31-21-59-41(58)33-13-23(2)19-51(33)38(55)24(3)45-37(54)34-20-48(4)10-11-50(34)40(57)32-6-5-9-49(32)39(31)56/h7-8,12,14-15,18,23-24,30-34H,5-6,9-11,13,16-17,19-21H2,1-4H3,(H,45,54)(H,46,52)(H,47,53)/t23-,24+,30+,31+,32+,33+,34+/m1/s1. The van der Waals surface area contributed by atoms with Gasteiger partial charge < -0.3 is 40.3 Å². The third kappa shape index (κ3) is 10.0. The van der Waals surface area contributed by atoms with Gasteiger partial charge in [0.1, 0.15) is 60.3 Å². The minimum atomic E-state index is -1.64. The molecule has 6 amide bonds. The molecule has 18 heteroatoms. The highest BCUT2D eigenvalue weighted by molar-refractivity contribution is 5.98. The number of esters is 1. The predicted octanol–water partition coefficient (Wildman–Crippen LogP) is 0.599. The quantitative estimate of drug-likeness (QED) is 0.338. The first kappa shape index (κ1) is 43.1. The third-order valence-corrected chi connectivity index (χ3v) is 11.4. The van der Waals surface area contributed by atoms with Crippen LogP contribution >= 0.6 is 0 Å². The van der Waals surface area contributed by atoms with Gasteiger partial charge in [-0.25, -0.2) is 18.0 Å². The lowest BCUT2D eigenvalue weighted by atomic mass is 10.0. The number of likely N-dealkylation sites (N-methyl/N-ethyl adjacent to an activating group) is 1. The zero-order valence-corrected chi connectivity index (χ0v) is 33.5. The molecule has 2 aromatic rings. The topological polar surface area (TPSA) is 178 Å². The van der Waals surface area contributed by atoms with Gasteiger partial charge >= 0.3 is 5.97 Å². The first-order chi connectivity index (χ1) is 28.0. The Balaban J connectivity index is 1.32. The van der Waals surface area contributed by atoms with Gasteiger partial charge in [-0.3, -0.25) is 28.8 Å². The van der Waals surface area contributed by atoms with Gasteiger partial charge in [0, 0.05) is 45.2 Å². The van der Waals surface area contributed by atoms with E-state index < -0.39 is 115 Å². The van der Waals surface area contributed by atoms with Gasteiger partial charge in [-0.05, 0) is 81.0 Å². The summed E-state index contributed by atoms with van der Waals surface area (Å²) in [6.07, 6.45) is -0.109. The summed E-state index contributed by atoms with van der Waals surface area (Å²) in [7, 11) is 1.80. The molecule has 0 bridgehead atoms. The second-order valence-corrected chi connectivity index (χ2v) is 16.1. The highest BCUT2D eigenvalue weighted by atomic mass is 19.1. The van der Waals surface area contributed by atoms with Crippen LogP contribution in [-0.2, 0) is 51.1 Å². The largest absolute Gasteiger partial charge is 0.461 e. The SMILES string of the molecule is Cc1ccc(CC(=O)N[C@@H](Cc2cc(F)cc(F)c2)C(=O)N[C@H]2COC(=O)[C@@H]3C[C@@H](C)CN3C(=O)[C@H](C)NC(=O)[C@@H]3CN(C)CCN3C(=O)[C@@H]3CCCN3C2=O)c(F)c1. The number of rotatable bonds is 7. The maximum atomic E-state index is 14.7. The number of hydrogen-bond acceptors (Lipinski definition) is 9. The molecular formula is C41H50F3N7O8. The molecule has 7 atom stereocenters. The summed E-state index contributed by atoms with van der Waals surface area (Å²) in [6, 6.07) is -0.572. The zero-order valence-electron chi connectivity index (χ0n) is 33.5. The number of hydrogen-bond donors (Lipinski definition) is 3. The van der Waals surface area contributed by atoms with Crippen molar-refractivity contribution in [2.45, 2.75) is 89.1 Å². The van der Waals surface area contributed by atoms with Crippen LogP contribution in [0.5, 0.6) is 0 Å². The van der Waals surface area contributed by atoms with Gasteiger partial charge in [0.25, 0.3) is 0 Å². The van der Waals surface area contributed by atoms with Crippen molar-refractivity contribution in [3.05, 3.63) is 70.5 Å². The summed E-state index contributed by atoms with van der Waals surface area (Å²) in [5, 5.41) is 7.78. The summed E-state index contributed by atoms with van der Waals surface area (Å²) in [5.41, 5.74) is 0.617. The zero-order chi connectivity index (χ0) is 42.7. The van der Waals surface area contributed by atoms with Crippen molar-refractivity contribution in [2.24, 2.45) is 5.92 Å². The minimum absolute atomic E-state index is 0.0227. The van der Waals surface area contributed by atoms with Gasteiger partial charge in [-0.2, -0.15) is 0 Å². The molecule has 4 fully saturated rings. The van der Waals surface area contributed by atoms with Crippen LogP contribution in [0.1, 0.15) is 49.8 Å². The molecule has 0 aliphatic carbocycles. The number of cyclic esters (lactones) is 1. The van der Waals surface area contributed by atoms with Crippen molar-refractivity contribution in [3.8, 4) is 0 Å². The van der Waals surface area contributed by atoms with Crippen LogP contribution in [0.4, 0.5) is 13.2 Å². The predicted molar refractivity (Wildman–Crippen MR) is 204 cm³/mol. The minimum Gasteiger partial charge on any atom is -0.461 e. The van der Waals surface area contributed by atoms with E-state index >= 15 is 0 Å². The van der Waals surface area contributed by atoms with Crippen LogP contribution in [-0.4, -0.2) is 144 Å². The Hall–Kier alpha value is -5.52. The summed E-state index contributed by atoms with van der Waals surface area (Å²) < 4.78 is 49.0. The number of aryl methyl sites for hydroxylation is 1. The van der Waals surface area contributed by atoms with Crippen LogP contribution in [0.25, 0.3) is 0 Å². The molecule has 6 rings (SSSR count). The van der Waals surface area contributed by atoms with Gasteiger partial charge in [-0.1, -0.05) is 19.1 Å². The van der Waals surface area contributed by atoms with Crippen LogP contribution in [0.2, 0.25) is 0 Å². The van der Waals surface area contributed by atoms with E-state index in [-0.39, 0.29) is 56.1 Å². The number of ether oxygens (including phenoxy) is 1. The second-order valence-electron chi connectivity index (χ2n) is 16.1. The van der Waals surface area contributed by atoms with Crippen LogP contribution in [0.15, 0.2) is 36.4 Å². The number of nitrogens with one attached hydrogen (secondary N) is 3. The Bertz CT molecular complexity index is 1980. The number of amides is 6. The first-order valence-corrected chi connectivity index (χ1v) is 19.9. The van der Waals surface area contributed by atoms with E-state index in [4.69, 9.17) is 4.74 Å². The number of carbonyl (C=O) groups excluding carboxylic acids is 7. The molecule has 4 aliphatic rings. The van der Waals surface area contributed by atoms with Crippen molar-refractivity contribution in [3.63, 3.8) is 0 Å². The summed E-state index contributed by atoms with van der Waals surface area (Å²) in [6.45, 7) is 5.30.